The molecule has 4 aliphatic rings. The minimum Gasteiger partial charge on any atom is -0.381 e. The fraction of sp³-hybridized carbons (Fsp3) is 0.952. The monoisotopic (exact) mass is 378 g/mol. The molecule has 27 heavy (non-hydrogen) atoms. The number of rotatable bonds is 4. The fourth-order valence-electron chi connectivity index (χ4n) is 5.87. The quantitative estimate of drug-likeness (QED) is 0.600. The van der Waals surface area contributed by atoms with Crippen LogP contribution in [0.2, 0.25) is 0 Å². The Hall–Kier alpha value is -0.850. The molecule has 0 radical (unpaired) electrons. The molecule has 3 saturated heterocycles. The topological polar surface area (TPSA) is 49.3 Å². The van der Waals surface area contributed by atoms with Gasteiger partial charge in [-0.05, 0) is 38.5 Å². The molecule has 0 aromatic carbocycles. The highest BCUT2D eigenvalue weighted by atomic mass is 16.5. The molecule has 6 heteroatoms. The maximum atomic E-state index is 5.69. The zero-order valence-electron chi connectivity index (χ0n) is 17.3. The van der Waals surface area contributed by atoms with Gasteiger partial charge in [0.05, 0.1) is 12.7 Å². The van der Waals surface area contributed by atoms with E-state index >= 15 is 0 Å². The zero-order valence-corrected chi connectivity index (χ0v) is 17.3. The number of nitrogens with zero attached hydrogens (tertiary/aromatic N) is 3. The first-order chi connectivity index (χ1) is 13.2. The summed E-state index contributed by atoms with van der Waals surface area (Å²) in [5.41, 5.74) is 0.688. The molecular formula is C21H38N4O2. The molecule has 154 valence electrons. The molecule has 1 spiro atoms. The molecule has 1 atom stereocenters. The molecule has 1 N–H and O–H groups in total. The summed E-state index contributed by atoms with van der Waals surface area (Å²) >= 11 is 0. The summed E-state index contributed by atoms with van der Waals surface area (Å²) in [4.78, 5) is 9.86. The van der Waals surface area contributed by atoms with Crippen LogP contribution in [-0.2, 0) is 9.47 Å². The Balaban J connectivity index is 1.36. The van der Waals surface area contributed by atoms with E-state index in [2.05, 4.69) is 20.1 Å². The summed E-state index contributed by atoms with van der Waals surface area (Å²) < 4.78 is 11.3. The van der Waals surface area contributed by atoms with Crippen molar-refractivity contribution in [1.82, 2.24) is 15.1 Å². The molecule has 0 aromatic rings. The van der Waals surface area contributed by atoms with Crippen LogP contribution in [0.25, 0.3) is 0 Å². The van der Waals surface area contributed by atoms with Crippen LogP contribution >= 0.6 is 0 Å². The van der Waals surface area contributed by atoms with E-state index in [1.165, 1.54) is 64.5 Å². The lowest BCUT2D eigenvalue weighted by Crippen LogP contribution is -2.58. The third kappa shape index (κ3) is 3.99. The molecule has 4 fully saturated rings. The van der Waals surface area contributed by atoms with Crippen molar-refractivity contribution in [1.29, 1.82) is 0 Å². The number of aliphatic imine (C=N–C) groups is 1. The predicted octanol–water partition coefficient (Wildman–Crippen LogP) is 2.10. The Morgan fingerprint density at radius 1 is 1.15 bits per heavy atom. The zero-order chi connectivity index (χ0) is 18.7. The summed E-state index contributed by atoms with van der Waals surface area (Å²) in [5, 5.41) is 3.79. The summed E-state index contributed by atoms with van der Waals surface area (Å²) in [6.07, 6.45) is 10.6. The van der Waals surface area contributed by atoms with E-state index in [-0.39, 0.29) is 0 Å². The van der Waals surface area contributed by atoms with Crippen LogP contribution in [0.3, 0.4) is 0 Å². The molecule has 1 saturated carbocycles. The normalized spacial score (nSPS) is 32.7. The second kappa shape index (κ2) is 8.26. The number of methoxy groups -OCH3 is 1. The molecule has 0 bridgehead atoms. The van der Waals surface area contributed by atoms with E-state index in [0.29, 0.717) is 17.1 Å². The fourth-order valence-corrected chi connectivity index (χ4v) is 5.87. The van der Waals surface area contributed by atoms with Gasteiger partial charge in [0.25, 0.3) is 0 Å². The van der Waals surface area contributed by atoms with Gasteiger partial charge in [-0.15, -0.1) is 0 Å². The van der Waals surface area contributed by atoms with Crippen molar-refractivity contribution >= 4 is 5.96 Å². The molecule has 1 unspecified atom stereocenters. The van der Waals surface area contributed by atoms with E-state index in [1.54, 1.807) is 0 Å². The molecule has 1 aliphatic carbocycles. The summed E-state index contributed by atoms with van der Waals surface area (Å²) in [6.45, 7) is 7.43. The van der Waals surface area contributed by atoms with E-state index < -0.39 is 0 Å². The number of guanidine groups is 1. The van der Waals surface area contributed by atoms with Gasteiger partial charge < -0.3 is 19.7 Å². The second-order valence-electron chi connectivity index (χ2n) is 9.23. The summed E-state index contributed by atoms with van der Waals surface area (Å²) in [5.74, 6) is 1.09. The number of hydrogen-bond acceptors (Lipinski definition) is 4. The highest BCUT2D eigenvalue weighted by Gasteiger charge is 2.44. The molecule has 6 nitrogen and oxygen atoms in total. The second-order valence-corrected chi connectivity index (χ2v) is 9.23. The van der Waals surface area contributed by atoms with Gasteiger partial charge in [-0.1, -0.05) is 12.8 Å². The lowest BCUT2D eigenvalue weighted by atomic mass is 9.87. The van der Waals surface area contributed by atoms with Crippen molar-refractivity contribution < 1.29 is 9.47 Å². The lowest BCUT2D eigenvalue weighted by Gasteiger charge is -2.45. The van der Waals surface area contributed by atoms with Crippen LogP contribution in [0, 0.1) is 5.41 Å². The van der Waals surface area contributed by atoms with Crippen LogP contribution in [0.4, 0.5) is 0 Å². The van der Waals surface area contributed by atoms with Crippen molar-refractivity contribution in [2.45, 2.75) is 63.0 Å². The Labute approximate surface area is 164 Å². The number of ether oxygens (including phenoxy) is 2. The molecule has 3 aliphatic heterocycles. The van der Waals surface area contributed by atoms with Gasteiger partial charge in [-0.2, -0.15) is 0 Å². The third-order valence-corrected chi connectivity index (χ3v) is 7.69. The first kappa shape index (κ1) is 19.5. The Kier molecular flexibility index (Phi) is 5.95. The van der Waals surface area contributed by atoms with E-state index in [0.717, 1.165) is 38.8 Å². The van der Waals surface area contributed by atoms with Crippen LogP contribution in [0.1, 0.15) is 51.4 Å². The number of piperidine rings is 1. The molecule has 0 aromatic heterocycles. The maximum absolute atomic E-state index is 5.69. The van der Waals surface area contributed by atoms with Crippen molar-refractivity contribution in [3.8, 4) is 0 Å². The van der Waals surface area contributed by atoms with Gasteiger partial charge in [-0.3, -0.25) is 9.89 Å². The van der Waals surface area contributed by atoms with Crippen molar-refractivity contribution in [2.24, 2.45) is 10.4 Å². The Bertz CT molecular complexity index is 518. The van der Waals surface area contributed by atoms with Crippen LogP contribution in [0.5, 0.6) is 0 Å². The van der Waals surface area contributed by atoms with Gasteiger partial charge in [-0.25, -0.2) is 0 Å². The maximum Gasteiger partial charge on any atom is 0.193 e. The Morgan fingerprint density at radius 2 is 1.93 bits per heavy atom. The minimum atomic E-state index is 0.308. The van der Waals surface area contributed by atoms with Crippen LogP contribution in [-0.4, -0.2) is 87.5 Å². The highest BCUT2D eigenvalue weighted by molar-refractivity contribution is 5.80. The smallest absolute Gasteiger partial charge is 0.193 e. The standard InChI is InChI=1S/C21H38N4O2/c1-22-19(24-13-9-20(16-24)10-14-27-17-20)23-15-21(7-3-4-8-21)25-11-5-18(26-2)6-12-25/h18H,3-17H2,1-2H3,(H,22,23). The van der Waals surface area contributed by atoms with Gasteiger partial charge >= 0.3 is 0 Å². The summed E-state index contributed by atoms with van der Waals surface area (Å²) in [6, 6.07) is 0. The van der Waals surface area contributed by atoms with Gasteiger partial charge in [0.1, 0.15) is 0 Å². The number of nitrogens with one attached hydrogen (secondary N) is 1. The van der Waals surface area contributed by atoms with Crippen LogP contribution < -0.4 is 5.32 Å². The van der Waals surface area contributed by atoms with Crippen molar-refractivity contribution in [3.63, 3.8) is 0 Å². The molecular weight excluding hydrogens is 340 g/mol. The average Bonchev–Trinajstić information content (AvgIpc) is 3.46. The molecule has 0 amide bonds. The number of hydrogen-bond donors (Lipinski definition) is 1. The summed E-state index contributed by atoms with van der Waals surface area (Å²) in [7, 11) is 3.79. The van der Waals surface area contributed by atoms with E-state index in [9.17, 15) is 0 Å². The number of likely N-dealkylation sites (tertiary alicyclic amines) is 2. The third-order valence-electron chi connectivity index (χ3n) is 7.69. The van der Waals surface area contributed by atoms with Gasteiger partial charge in [0, 0.05) is 64.4 Å². The Morgan fingerprint density at radius 3 is 2.56 bits per heavy atom. The van der Waals surface area contributed by atoms with Crippen molar-refractivity contribution in [2.75, 3.05) is 60.1 Å². The van der Waals surface area contributed by atoms with Gasteiger partial charge in [0.2, 0.25) is 0 Å². The SMILES string of the molecule is CN=C(NCC1(N2CCC(OC)CC2)CCCC1)N1CCC2(CCOC2)C1. The predicted molar refractivity (Wildman–Crippen MR) is 108 cm³/mol. The van der Waals surface area contributed by atoms with Gasteiger partial charge in [0.15, 0.2) is 5.96 Å². The minimum absolute atomic E-state index is 0.308. The molecule has 4 rings (SSSR count). The largest absolute Gasteiger partial charge is 0.381 e. The first-order valence-electron chi connectivity index (χ1n) is 11.0. The van der Waals surface area contributed by atoms with Crippen LogP contribution in [0.15, 0.2) is 4.99 Å². The highest BCUT2D eigenvalue weighted by Crippen LogP contribution is 2.39. The lowest BCUT2D eigenvalue weighted by molar-refractivity contribution is -0.00178. The molecule has 3 heterocycles. The van der Waals surface area contributed by atoms with Crippen molar-refractivity contribution in [3.05, 3.63) is 0 Å². The average molecular weight is 379 g/mol. The van der Waals surface area contributed by atoms with E-state index in [4.69, 9.17) is 9.47 Å². The first-order valence-corrected chi connectivity index (χ1v) is 11.0. The van der Waals surface area contributed by atoms with E-state index in [1.807, 2.05) is 14.2 Å².